The zero-order valence-corrected chi connectivity index (χ0v) is 15.1. The quantitative estimate of drug-likeness (QED) is 0.677. The number of alkyl halides is 3. The Morgan fingerprint density at radius 2 is 1.89 bits per heavy atom. The van der Waals surface area contributed by atoms with Gasteiger partial charge >= 0.3 is 12.2 Å². The predicted molar refractivity (Wildman–Crippen MR) is 94.8 cm³/mol. The second-order valence-electron chi connectivity index (χ2n) is 6.18. The highest BCUT2D eigenvalue weighted by molar-refractivity contribution is 5.96. The molecule has 0 bridgehead atoms. The molecule has 1 atom stereocenters. The van der Waals surface area contributed by atoms with Crippen LogP contribution in [0, 0.1) is 0 Å². The van der Waals surface area contributed by atoms with E-state index in [1.807, 2.05) is 5.32 Å². The van der Waals surface area contributed by atoms with Crippen molar-refractivity contribution in [3.8, 4) is 0 Å². The van der Waals surface area contributed by atoms with Crippen LogP contribution in [0.2, 0.25) is 0 Å². The van der Waals surface area contributed by atoms with E-state index in [1.54, 1.807) is 18.2 Å². The molecule has 11 heteroatoms. The molecule has 1 aliphatic rings. The van der Waals surface area contributed by atoms with Crippen LogP contribution in [0.4, 0.5) is 29.3 Å². The van der Waals surface area contributed by atoms with Gasteiger partial charge in [-0.25, -0.2) is 4.79 Å². The molecule has 1 saturated heterocycles. The van der Waals surface area contributed by atoms with Crippen molar-refractivity contribution in [2.75, 3.05) is 37.4 Å². The Morgan fingerprint density at radius 3 is 2.54 bits per heavy atom. The van der Waals surface area contributed by atoms with Crippen molar-refractivity contribution in [3.05, 3.63) is 24.3 Å². The maximum absolute atomic E-state index is 12.5. The van der Waals surface area contributed by atoms with Crippen molar-refractivity contribution in [2.24, 2.45) is 0 Å². The molecule has 28 heavy (non-hydrogen) atoms. The summed E-state index contributed by atoms with van der Waals surface area (Å²) in [6, 6.07) is 4.75. The monoisotopic (exact) mass is 402 g/mol. The summed E-state index contributed by atoms with van der Waals surface area (Å²) in [5.74, 6) is -1.21. The lowest BCUT2D eigenvalue weighted by atomic mass is 10.2. The number of hydrogen-bond donors (Lipinski definition) is 3. The molecule has 154 valence electrons. The zero-order chi connectivity index (χ0) is 20.7. The van der Waals surface area contributed by atoms with E-state index in [0.29, 0.717) is 17.8 Å². The lowest BCUT2D eigenvalue weighted by Gasteiger charge is -2.24. The van der Waals surface area contributed by atoms with Crippen LogP contribution in [0.15, 0.2) is 24.3 Å². The number of carbonyl (C=O) groups excluding carboxylic acids is 3. The van der Waals surface area contributed by atoms with Gasteiger partial charge in [0.2, 0.25) is 11.8 Å². The van der Waals surface area contributed by atoms with Gasteiger partial charge in [0.1, 0.15) is 19.2 Å². The fraction of sp³-hybridized carbons (Fsp3) is 0.471. The third-order valence-electron chi connectivity index (χ3n) is 3.95. The number of halogens is 3. The molecular formula is C17H21F3N4O4. The largest absolute Gasteiger partial charge is 0.405 e. The molecule has 2 rings (SSSR count). The number of methoxy groups -OCH3 is 1. The number of urea groups is 1. The van der Waals surface area contributed by atoms with Crippen molar-refractivity contribution < 1.29 is 32.3 Å². The third-order valence-corrected chi connectivity index (χ3v) is 3.95. The molecule has 0 radical (unpaired) electrons. The average molecular weight is 402 g/mol. The topological polar surface area (TPSA) is 99.8 Å². The first-order valence-electron chi connectivity index (χ1n) is 8.50. The average Bonchev–Trinajstić information content (AvgIpc) is 3.09. The Balaban J connectivity index is 1.97. The summed E-state index contributed by atoms with van der Waals surface area (Å²) in [6.45, 7) is -1.32. The summed E-state index contributed by atoms with van der Waals surface area (Å²) in [5, 5.41) is 6.98. The number of likely N-dealkylation sites (tertiary alicyclic amines) is 1. The minimum atomic E-state index is -4.52. The smallest absolute Gasteiger partial charge is 0.375 e. The highest BCUT2D eigenvalue weighted by Crippen LogP contribution is 2.21. The molecule has 1 unspecified atom stereocenters. The summed E-state index contributed by atoms with van der Waals surface area (Å²) >= 11 is 0. The van der Waals surface area contributed by atoms with E-state index in [9.17, 15) is 27.6 Å². The van der Waals surface area contributed by atoms with E-state index in [4.69, 9.17) is 4.74 Å². The van der Waals surface area contributed by atoms with Crippen LogP contribution in [-0.2, 0) is 14.3 Å². The summed E-state index contributed by atoms with van der Waals surface area (Å²) in [7, 11) is 1.38. The molecule has 1 aromatic rings. The third kappa shape index (κ3) is 6.41. The number of rotatable bonds is 6. The zero-order valence-electron chi connectivity index (χ0n) is 15.1. The SMILES string of the molecule is COCC(=O)Nc1cccc(NC(=O)N2CCCC2C(=O)NCC(F)(F)F)c1. The number of nitrogens with zero attached hydrogens (tertiary/aromatic N) is 1. The molecule has 1 heterocycles. The van der Waals surface area contributed by atoms with Crippen LogP contribution in [0.5, 0.6) is 0 Å². The second-order valence-corrected chi connectivity index (χ2v) is 6.18. The molecule has 0 aromatic heterocycles. The van der Waals surface area contributed by atoms with Gasteiger partial charge in [0, 0.05) is 25.0 Å². The normalized spacial score (nSPS) is 16.6. The minimum Gasteiger partial charge on any atom is -0.375 e. The lowest BCUT2D eigenvalue weighted by Crippen LogP contribution is -2.49. The first kappa shape index (κ1) is 21.5. The number of hydrogen-bond acceptors (Lipinski definition) is 4. The van der Waals surface area contributed by atoms with E-state index in [1.165, 1.54) is 18.1 Å². The molecular weight excluding hydrogens is 381 g/mol. The van der Waals surface area contributed by atoms with E-state index in [-0.39, 0.29) is 25.5 Å². The van der Waals surface area contributed by atoms with Gasteiger partial charge in [0.05, 0.1) is 0 Å². The van der Waals surface area contributed by atoms with Gasteiger partial charge in [-0.3, -0.25) is 9.59 Å². The van der Waals surface area contributed by atoms with Crippen molar-refractivity contribution in [3.63, 3.8) is 0 Å². The Labute approximate surface area is 159 Å². The van der Waals surface area contributed by atoms with Crippen LogP contribution in [0.3, 0.4) is 0 Å². The molecule has 0 saturated carbocycles. The Hall–Kier alpha value is -2.82. The van der Waals surface area contributed by atoms with E-state index in [0.717, 1.165) is 0 Å². The van der Waals surface area contributed by atoms with Crippen molar-refractivity contribution in [2.45, 2.75) is 25.1 Å². The first-order chi connectivity index (χ1) is 13.2. The van der Waals surface area contributed by atoms with Gasteiger partial charge in [-0.05, 0) is 31.0 Å². The Morgan fingerprint density at radius 1 is 1.21 bits per heavy atom. The Kier molecular flexibility index (Phi) is 7.21. The van der Waals surface area contributed by atoms with Gasteiger partial charge in [-0.1, -0.05) is 6.07 Å². The van der Waals surface area contributed by atoms with Crippen LogP contribution in [-0.4, -0.2) is 61.8 Å². The molecule has 1 aromatic carbocycles. The number of carbonyl (C=O) groups is 3. The number of benzene rings is 1. The molecule has 0 aliphatic carbocycles. The maximum atomic E-state index is 12.5. The van der Waals surface area contributed by atoms with Crippen LogP contribution < -0.4 is 16.0 Å². The standard InChI is InChI=1S/C17H21F3N4O4/c1-28-9-14(25)22-11-4-2-5-12(8-11)23-16(27)24-7-3-6-13(24)15(26)21-10-17(18,19)20/h2,4-5,8,13H,3,6-7,9-10H2,1H3,(H,21,26)(H,22,25)(H,23,27). The van der Waals surface area contributed by atoms with Crippen molar-refractivity contribution in [1.82, 2.24) is 10.2 Å². The van der Waals surface area contributed by atoms with Gasteiger partial charge in [-0.2, -0.15) is 13.2 Å². The molecule has 1 aliphatic heterocycles. The number of nitrogens with one attached hydrogen (secondary N) is 3. The number of ether oxygens (including phenoxy) is 1. The fourth-order valence-electron chi connectivity index (χ4n) is 2.79. The van der Waals surface area contributed by atoms with Crippen molar-refractivity contribution in [1.29, 1.82) is 0 Å². The molecule has 3 N–H and O–H groups in total. The molecule has 4 amide bonds. The second kappa shape index (κ2) is 9.40. The van der Waals surface area contributed by atoms with E-state index >= 15 is 0 Å². The summed E-state index contributed by atoms with van der Waals surface area (Å²) in [6.07, 6.45) is -3.73. The summed E-state index contributed by atoms with van der Waals surface area (Å²) in [4.78, 5) is 37.2. The first-order valence-corrected chi connectivity index (χ1v) is 8.50. The Bertz CT molecular complexity index is 727. The number of amides is 4. The summed E-state index contributed by atoms with van der Waals surface area (Å²) in [5.41, 5.74) is 0.794. The van der Waals surface area contributed by atoms with Crippen LogP contribution >= 0.6 is 0 Å². The lowest BCUT2D eigenvalue weighted by molar-refractivity contribution is -0.140. The van der Waals surface area contributed by atoms with Crippen LogP contribution in [0.25, 0.3) is 0 Å². The highest BCUT2D eigenvalue weighted by atomic mass is 19.4. The predicted octanol–water partition coefficient (Wildman–Crippen LogP) is 1.95. The van der Waals surface area contributed by atoms with Gasteiger partial charge in [-0.15, -0.1) is 0 Å². The molecule has 8 nitrogen and oxygen atoms in total. The molecule has 1 fully saturated rings. The van der Waals surface area contributed by atoms with Crippen LogP contribution in [0.1, 0.15) is 12.8 Å². The van der Waals surface area contributed by atoms with E-state index < -0.39 is 30.7 Å². The number of anilines is 2. The summed E-state index contributed by atoms with van der Waals surface area (Å²) < 4.78 is 41.5. The van der Waals surface area contributed by atoms with Gasteiger partial charge in [0.25, 0.3) is 0 Å². The van der Waals surface area contributed by atoms with Gasteiger partial charge in [0.15, 0.2) is 0 Å². The highest BCUT2D eigenvalue weighted by Gasteiger charge is 2.36. The van der Waals surface area contributed by atoms with Gasteiger partial charge < -0.3 is 25.6 Å². The van der Waals surface area contributed by atoms with Crippen molar-refractivity contribution >= 4 is 29.2 Å². The van der Waals surface area contributed by atoms with E-state index in [2.05, 4.69) is 10.6 Å². The fourth-order valence-corrected chi connectivity index (χ4v) is 2.79. The molecule has 0 spiro atoms. The minimum absolute atomic E-state index is 0.126. The maximum Gasteiger partial charge on any atom is 0.405 e.